The van der Waals surface area contributed by atoms with Crippen molar-refractivity contribution in [3.05, 3.63) is 144 Å². The molecule has 0 atom stereocenters. The molecule has 0 saturated heterocycles. The number of nitrogens with zero attached hydrogens (tertiary/aromatic N) is 4. The van der Waals surface area contributed by atoms with Crippen LogP contribution in [-0.4, -0.2) is 19.3 Å². The van der Waals surface area contributed by atoms with Crippen LogP contribution in [0.15, 0.2) is 109 Å². The molecule has 9 aromatic rings. The molecule has 0 N–H and O–H groups in total. The maximum Gasteiger partial charge on any atom is 2.00 e. The van der Waals surface area contributed by atoms with Crippen LogP contribution >= 0.6 is 11.3 Å². The Morgan fingerprint density at radius 3 is 2.33 bits per heavy atom. The molecule has 9 rings (SSSR count). The van der Waals surface area contributed by atoms with Crippen molar-refractivity contribution in [1.29, 1.82) is 0 Å². The molecule has 0 aliphatic carbocycles. The third-order valence-corrected chi connectivity index (χ3v) is 10.9. The zero-order chi connectivity index (χ0) is 35.0. The number of aromatic nitrogens is 4. The van der Waals surface area contributed by atoms with E-state index >= 15 is 0 Å². The Labute approximate surface area is 321 Å². The summed E-state index contributed by atoms with van der Waals surface area (Å²) in [5.41, 5.74) is 9.79. The fraction of sp³-hybridized carbons (Fsp3) is 0.156. The van der Waals surface area contributed by atoms with E-state index in [1.54, 1.807) is 0 Å². The number of hydrogen-bond acceptors (Lipinski definition) is 4. The number of benzene rings is 5. The van der Waals surface area contributed by atoms with Crippen molar-refractivity contribution in [2.24, 2.45) is 0 Å². The summed E-state index contributed by atoms with van der Waals surface area (Å²) < 4.78 is 13.2. The Balaban J connectivity index is 0.00000387. The molecular formula is C45H36N4OPtS. The summed E-state index contributed by atoms with van der Waals surface area (Å²) in [6, 6.07) is 41.1. The first kappa shape index (κ1) is 34.1. The van der Waals surface area contributed by atoms with Gasteiger partial charge in [-0.15, -0.1) is 47.1 Å². The van der Waals surface area contributed by atoms with Crippen molar-refractivity contribution in [3.63, 3.8) is 0 Å². The van der Waals surface area contributed by atoms with Crippen LogP contribution in [-0.2, 0) is 26.5 Å². The molecule has 5 nitrogen and oxygen atoms in total. The maximum absolute atomic E-state index is 6.52. The van der Waals surface area contributed by atoms with Crippen molar-refractivity contribution in [2.45, 2.75) is 47.0 Å². The minimum Gasteiger partial charge on any atom is -0.509 e. The van der Waals surface area contributed by atoms with Crippen LogP contribution in [0.25, 0.3) is 64.7 Å². The molecule has 0 amide bonds. The van der Waals surface area contributed by atoms with Crippen molar-refractivity contribution in [3.8, 4) is 34.3 Å². The second-order valence-corrected chi connectivity index (χ2v) is 15.5. The van der Waals surface area contributed by atoms with Gasteiger partial charge < -0.3 is 9.30 Å². The van der Waals surface area contributed by atoms with Crippen LogP contribution in [0.2, 0.25) is 0 Å². The van der Waals surface area contributed by atoms with Crippen molar-refractivity contribution in [2.75, 3.05) is 0 Å². The van der Waals surface area contributed by atoms with Gasteiger partial charge >= 0.3 is 21.1 Å². The van der Waals surface area contributed by atoms with E-state index < -0.39 is 0 Å². The summed E-state index contributed by atoms with van der Waals surface area (Å²) in [7, 11) is 0. The van der Waals surface area contributed by atoms with Gasteiger partial charge in [-0.1, -0.05) is 62.2 Å². The number of pyridine rings is 1. The monoisotopic (exact) mass is 875 g/mol. The molecule has 7 heteroatoms. The van der Waals surface area contributed by atoms with Crippen molar-refractivity contribution < 1.29 is 25.8 Å². The van der Waals surface area contributed by atoms with Crippen molar-refractivity contribution >= 4 is 53.3 Å². The van der Waals surface area contributed by atoms with E-state index in [0.717, 1.165) is 33.6 Å². The number of ether oxygens (including phenoxy) is 1. The molecule has 258 valence electrons. The van der Waals surface area contributed by atoms with Gasteiger partial charge in [0, 0.05) is 44.4 Å². The predicted octanol–water partition coefficient (Wildman–Crippen LogP) is 12.0. The standard InChI is InChI=1S/C45H36N4OS.Pt/c1-27-22-28(2)42(29(3)23-27)36-19-21-48(47-36)31-10-9-11-32(25-31)50-33-14-15-34-38(26-33)49(41-24-30(18-20-46-41)45(4,5)6)37-16-17-40-44(43(34)37)35-12-7-8-13-39(35)51-40;/h7-24H,1-6H3;/q-2;+2. The Morgan fingerprint density at radius 2 is 1.52 bits per heavy atom. The van der Waals surface area contributed by atoms with E-state index in [2.05, 4.69) is 131 Å². The minimum absolute atomic E-state index is 0. The maximum atomic E-state index is 6.52. The molecule has 0 aliphatic heterocycles. The molecule has 0 bridgehead atoms. The molecule has 4 heterocycles. The Bertz CT molecular complexity index is 2790. The summed E-state index contributed by atoms with van der Waals surface area (Å²) in [5.74, 6) is 2.05. The van der Waals surface area contributed by atoms with Gasteiger partial charge in [-0.3, -0.25) is 4.68 Å². The number of rotatable bonds is 5. The average Bonchev–Trinajstić information content (AvgIpc) is 3.82. The summed E-state index contributed by atoms with van der Waals surface area (Å²) in [6.07, 6.45) is 3.89. The fourth-order valence-corrected chi connectivity index (χ4v) is 8.57. The SMILES string of the molecule is Cc1cc(C)c(-c2ccn(-c3[c-]c(Oc4[c-]c5c(cc4)c4c6c(ccc4n5-c4cc(C(C)(C)C)ccn4)sc4ccccc46)ccc3)n2)c(C)c1.[Pt+2]. The van der Waals surface area contributed by atoms with Gasteiger partial charge in [-0.05, 0) is 101 Å². The van der Waals surface area contributed by atoms with E-state index in [-0.39, 0.29) is 26.5 Å². The van der Waals surface area contributed by atoms with Crippen LogP contribution in [0.5, 0.6) is 11.5 Å². The summed E-state index contributed by atoms with van der Waals surface area (Å²) in [6.45, 7) is 13.1. The van der Waals surface area contributed by atoms with E-state index in [1.807, 2.05) is 52.7 Å². The molecule has 0 spiro atoms. The van der Waals surface area contributed by atoms with Gasteiger partial charge in [0.25, 0.3) is 0 Å². The number of hydrogen-bond donors (Lipinski definition) is 0. The molecular weight excluding hydrogens is 840 g/mol. The van der Waals surface area contributed by atoms with Gasteiger partial charge in [0.1, 0.15) is 5.82 Å². The summed E-state index contributed by atoms with van der Waals surface area (Å²) in [5, 5.41) is 9.78. The normalized spacial score (nSPS) is 11.9. The first-order chi connectivity index (χ1) is 24.6. The van der Waals surface area contributed by atoms with E-state index in [1.165, 1.54) is 53.4 Å². The summed E-state index contributed by atoms with van der Waals surface area (Å²) in [4.78, 5) is 4.91. The third-order valence-electron chi connectivity index (χ3n) is 9.74. The Hall–Kier alpha value is -5.03. The largest absolute Gasteiger partial charge is 2.00 e. The molecule has 0 saturated carbocycles. The number of aryl methyl sites for hydroxylation is 3. The summed E-state index contributed by atoms with van der Waals surface area (Å²) >= 11 is 1.83. The second-order valence-electron chi connectivity index (χ2n) is 14.4. The molecule has 0 aliphatic rings. The van der Waals surface area contributed by atoms with Gasteiger partial charge in [-0.25, -0.2) is 4.98 Å². The molecule has 0 fully saturated rings. The van der Waals surface area contributed by atoms with Gasteiger partial charge in [0.05, 0.1) is 5.69 Å². The average molecular weight is 876 g/mol. The van der Waals surface area contributed by atoms with Crippen LogP contribution in [0.1, 0.15) is 43.0 Å². The molecule has 5 aromatic carbocycles. The van der Waals surface area contributed by atoms with Gasteiger partial charge in [-0.2, -0.15) is 17.2 Å². The van der Waals surface area contributed by atoms with E-state index in [9.17, 15) is 0 Å². The minimum atomic E-state index is -0.0285. The molecule has 0 radical (unpaired) electrons. The fourth-order valence-electron chi connectivity index (χ4n) is 7.45. The van der Waals surface area contributed by atoms with Crippen molar-refractivity contribution in [1.82, 2.24) is 19.3 Å². The van der Waals surface area contributed by atoms with E-state index in [4.69, 9.17) is 14.8 Å². The predicted molar refractivity (Wildman–Crippen MR) is 211 cm³/mol. The molecule has 0 unspecified atom stereocenters. The zero-order valence-corrected chi connectivity index (χ0v) is 32.9. The molecule has 4 aromatic heterocycles. The molecule has 52 heavy (non-hydrogen) atoms. The smallest absolute Gasteiger partial charge is 0.509 e. The quantitative estimate of drug-likeness (QED) is 0.162. The topological polar surface area (TPSA) is 44.9 Å². The second kappa shape index (κ2) is 12.9. The zero-order valence-electron chi connectivity index (χ0n) is 29.8. The van der Waals surface area contributed by atoms with Crippen LogP contribution in [0.3, 0.4) is 0 Å². The number of fused-ring (bicyclic) bond motifs is 7. The first-order valence-corrected chi connectivity index (χ1v) is 18.1. The van der Waals surface area contributed by atoms with Crippen LogP contribution in [0.4, 0.5) is 0 Å². The number of thiophene rings is 1. The van der Waals surface area contributed by atoms with Crippen LogP contribution < -0.4 is 4.74 Å². The Morgan fingerprint density at radius 1 is 0.731 bits per heavy atom. The van der Waals surface area contributed by atoms with Gasteiger partial charge in [0.2, 0.25) is 0 Å². The van der Waals surface area contributed by atoms with E-state index in [0.29, 0.717) is 11.5 Å². The Kier molecular flexibility index (Phi) is 8.44. The first-order valence-electron chi connectivity index (χ1n) is 17.2. The van der Waals surface area contributed by atoms with Crippen LogP contribution in [0, 0.1) is 32.9 Å². The third kappa shape index (κ3) is 5.75. The van der Waals surface area contributed by atoms with Gasteiger partial charge in [0.15, 0.2) is 0 Å².